The summed E-state index contributed by atoms with van der Waals surface area (Å²) in [5.41, 5.74) is 3.24. The molecule has 0 radical (unpaired) electrons. The second-order valence-corrected chi connectivity index (χ2v) is 6.35. The van der Waals surface area contributed by atoms with Gasteiger partial charge in [-0.2, -0.15) is 0 Å². The zero-order valence-corrected chi connectivity index (χ0v) is 14.4. The number of hydrogen-bond acceptors (Lipinski definition) is 4. The molecule has 0 saturated heterocycles. The van der Waals surface area contributed by atoms with Crippen LogP contribution in [-0.2, 0) is 13.0 Å². The zero-order chi connectivity index (χ0) is 17.6. The van der Waals surface area contributed by atoms with E-state index in [1.807, 2.05) is 6.07 Å². The summed E-state index contributed by atoms with van der Waals surface area (Å²) < 4.78 is 5.12. The van der Waals surface area contributed by atoms with E-state index in [2.05, 4.69) is 28.4 Å². The van der Waals surface area contributed by atoms with Crippen molar-refractivity contribution in [3.8, 4) is 5.75 Å². The molecule has 1 aliphatic heterocycles. The van der Waals surface area contributed by atoms with Crippen LogP contribution in [-0.4, -0.2) is 48.8 Å². The van der Waals surface area contributed by atoms with Gasteiger partial charge in [0.2, 0.25) is 0 Å². The van der Waals surface area contributed by atoms with Crippen molar-refractivity contribution in [1.29, 1.82) is 0 Å². The van der Waals surface area contributed by atoms with Crippen LogP contribution in [0.3, 0.4) is 0 Å². The molecule has 5 nitrogen and oxygen atoms in total. The van der Waals surface area contributed by atoms with E-state index in [1.54, 1.807) is 31.4 Å². The van der Waals surface area contributed by atoms with Crippen LogP contribution in [0, 0.1) is 0 Å². The summed E-state index contributed by atoms with van der Waals surface area (Å²) in [6.07, 6.45) is 0.402. The number of β-amino-alcohol motifs (C(OH)–C–C–N with tert-alkyl or cyclic N) is 1. The van der Waals surface area contributed by atoms with Crippen LogP contribution in [0.25, 0.3) is 0 Å². The molecule has 25 heavy (non-hydrogen) atoms. The highest BCUT2D eigenvalue weighted by molar-refractivity contribution is 5.94. The van der Waals surface area contributed by atoms with Crippen LogP contribution in [0.4, 0.5) is 0 Å². The minimum absolute atomic E-state index is 0.207. The summed E-state index contributed by atoms with van der Waals surface area (Å²) in [4.78, 5) is 14.4. The summed E-state index contributed by atoms with van der Waals surface area (Å²) in [6.45, 7) is 2.55. The molecular formula is C20H24N2O3. The summed E-state index contributed by atoms with van der Waals surface area (Å²) in [7, 11) is 1.57. The van der Waals surface area contributed by atoms with Gasteiger partial charge >= 0.3 is 0 Å². The molecule has 0 fully saturated rings. The molecule has 0 spiro atoms. The third-order valence-corrected chi connectivity index (χ3v) is 4.51. The molecular weight excluding hydrogens is 316 g/mol. The van der Waals surface area contributed by atoms with Crippen molar-refractivity contribution in [2.45, 2.75) is 19.1 Å². The van der Waals surface area contributed by atoms with Crippen molar-refractivity contribution in [3.05, 3.63) is 65.2 Å². The van der Waals surface area contributed by atoms with Gasteiger partial charge in [-0.25, -0.2) is 0 Å². The first kappa shape index (κ1) is 17.5. The van der Waals surface area contributed by atoms with Gasteiger partial charge in [-0.05, 0) is 35.7 Å². The smallest absolute Gasteiger partial charge is 0.251 e. The van der Waals surface area contributed by atoms with Crippen molar-refractivity contribution in [1.82, 2.24) is 10.2 Å². The van der Waals surface area contributed by atoms with E-state index < -0.39 is 6.10 Å². The van der Waals surface area contributed by atoms with Crippen molar-refractivity contribution in [2.24, 2.45) is 0 Å². The molecule has 2 aromatic carbocycles. The zero-order valence-electron chi connectivity index (χ0n) is 14.4. The van der Waals surface area contributed by atoms with Gasteiger partial charge in [0.15, 0.2) is 0 Å². The molecule has 0 aromatic heterocycles. The Balaban J connectivity index is 1.48. The lowest BCUT2D eigenvalue weighted by Crippen LogP contribution is -2.42. The molecule has 2 aromatic rings. The van der Waals surface area contributed by atoms with Gasteiger partial charge in [-0.15, -0.1) is 0 Å². The minimum atomic E-state index is -0.597. The number of nitrogens with zero attached hydrogens (tertiary/aromatic N) is 1. The number of methoxy groups -OCH3 is 1. The maximum Gasteiger partial charge on any atom is 0.251 e. The lowest BCUT2D eigenvalue weighted by atomic mass is 10.00. The monoisotopic (exact) mass is 340 g/mol. The third-order valence-electron chi connectivity index (χ3n) is 4.51. The number of carbonyl (C=O) groups is 1. The molecule has 3 rings (SSSR count). The molecule has 1 heterocycles. The number of aliphatic hydroxyl groups is 1. The fourth-order valence-electron chi connectivity index (χ4n) is 3.15. The van der Waals surface area contributed by atoms with Gasteiger partial charge in [0.1, 0.15) is 5.75 Å². The number of ether oxygens (including phenoxy) is 1. The maximum atomic E-state index is 12.2. The first-order valence-corrected chi connectivity index (χ1v) is 8.55. The summed E-state index contributed by atoms with van der Waals surface area (Å²) >= 11 is 0. The largest absolute Gasteiger partial charge is 0.497 e. The van der Waals surface area contributed by atoms with Crippen LogP contribution in [0.1, 0.15) is 21.5 Å². The SMILES string of the molecule is COc1cccc(C(=O)NC[C@@H](O)CN2CCc3ccccc3C2)c1. The molecule has 1 atom stereocenters. The highest BCUT2D eigenvalue weighted by atomic mass is 16.5. The lowest BCUT2D eigenvalue weighted by Gasteiger charge is -2.30. The van der Waals surface area contributed by atoms with Gasteiger partial charge in [0.25, 0.3) is 5.91 Å². The van der Waals surface area contributed by atoms with Crippen LogP contribution in [0.15, 0.2) is 48.5 Å². The van der Waals surface area contributed by atoms with E-state index in [9.17, 15) is 9.90 Å². The minimum Gasteiger partial charge on any atom is -0.497 e. The van der Waals surface area contributed by atoms with Crippen LogP contribution < -0.4 is 10.1 Å². The third kappa shape index (κ3) is 4.59. The molecule has 1 amide bonds. The van der Waals surface area contributed by atoms with E-state index >= 15 is 0 Å². The number of amides is 1. The fourth-order valence-corrected chi connectivity index (χ4v) is 3.15. The normalized spacial score (nSPS) is 15.3. The van der Waals surface area contributed by atoms with Crippen molar-refractivity contribution in [3.63, 3.8) is 0 Å². The Kier molecular flexibility index (Phi) is 5.68. The number of nitrogens with one attached hydrogen (secondary N) is 1. The highest BCUT2D eigenvalue weighted by Gasteiger charge is 2.19. The first-order valence-electron chi connectivity index (χ1n) is 8.55. The second-order valence-electron chi connectivity index (χ2n) is 6.35. The van der Waals surface area contributed by atoms with E-state index in [0.717, 1.165) is 19.5 Å². The Morgan fingerprint density at radius 1 is 1.24 bits per heavy atom. The number of fused-ring (bicyclic) bond motifs is 1. The van der Waals surface area contributed by atoms with Gasteiger partial charge < -0.3 is 15.2 Å². The van der Waals surface area contributed by atoms with E-state index in [4.69, 9.17) is 4.74 Å². The Morgan fingerprint density at radius 3 is 2.84 bits per heavy atom. The average Bonchev–Trinajstić information content (AvgIpc) is 2.66. The number of hydrogen-bond donors (Lipinski definition) is 2. The van der Waals surface area contributed by atoms with Crippen LogP contribution in [0.2, 0.25) is 0 Å². The van der Waals surface area contributed by atoms with Gasteiger partial charge in [-0.3, -0.25) is 9.69 Å². The van der Waals surface area contributed by atoms with Gasteiger partial charge in [0.05, 0.1) is 13.2 Å². The molecule has 2 N–H and O–H groups in total. The molecule has 0 unspecified atom stereocenters. The average molecular weight is 340 g/mol. The van der Waals surface area contributed by atoms with E-state index in [0.29, 0.717) is 17.9 Å². The highest BCUT2D eigenvalue weighted by Crippen LogP contribution is 2.18. The molecule has 0 bridgehead atoms. The standard InChI is InChI=1S/C20H24N2O3/c1-25-19-8-4-7-16(11-19)20(24)21-12-18(23)14-22-10-9-15-5-2-3-6-17(15)13-22/h2-8,11,18,23H,9-10,12-14H2,1H3,(H,21,24)/t18-/m1/s1. The number of rotatable bonds is 6. The van der Waals surface area contributed by atoms with Crippen molar-refractivity contribution < 1.29 is 14.6 Å². The Hall–Kier alpha value is -2.37. The predicted molar refractivity (Wildman–Crippen MR) is 96.8 cm³/mol. The molecule has 0 saturated carbocycles. The number of benzene rings is 2. The topological polar surface area (TPSA) is 61.8 Å². The fraction of sp³-hybridized carbons (Fsp3) is 0.350. The molecule has 132 valence electrons. The first-order chi connectivity index (χ1) is 12.2. The van der Waals surface area contributed by atoms with Gasteiger partial charge in [-0.1, -0.05) is 30.3 Å². The Labute approximate surface area is 148 Å². The lowest BCUT2D eigenvalue weighted by molar-refractivity contribution is 0.0841. The summed E-state index contributed by atoms with van der Waals surface area (Å²) in [6, 6.07) is 15.4. The van der Waals surface area contributed by atoms with Gasteiger partial charge in [0, 0.05) is 31.7 Å². The number of aliphatic hydroxyl groups excluding tert-OH is 1. The van der Waals surface area contributed by atoms with Crippen LogP contribution >= 0.6 is 0 Å². The predicted octanol–water partition coefficient (Wildman–Crippen LogP) is 1.84. The summed E-state index contributed by atoms with van der Waals surface area (Å²) in [5, 5.41) is 13.1. The molecule has 5 heteroatoms. The van der Waals surface area contributed by atoms with Crippen molar-refractivity contribution >= 4 is 5.91 Å². The maximum absolute atomic E-state index is 12.2. The molecule has 0 aliphatic carbocycles. The quantitative estimate of drug-likeness (QED) is 0.842. The number of carbonyl (C=O) groups excluding carboxylic acids is 1. The van der Waals surface area contributed by atoms with Crippen LogP contribution in [0.5, 0.6) is 5.75 Å². The van der Waals surface area contributed by atoms with E-state index in [-0.39, 0.29) is 12.5 Å². The Morgan fingerprint density at radius 2 is 2.04 bits per heavy atom. The second kappa shape index (κ2) is 8.14. The van der Waals surface area contributed by atoms with E-state index in [1.165, 1.54) is 11.1 Å². The molecule has 1 aliphatic rings. The van der Waals surface area contributed by atoms with Crippen molar-refractivity contribution in [2.75, 3.05) is 26.7 Å². The Bertz CT molecular complexity index is 732. The summed E-state index contributed by atoms with van der Waals surface area (Å²) in [5.74, 6) is 0.433.